The molecule has 0 spiro atoms. The summed E-state index contributed by atoms with van der Waals surface area (Å²) in [5.41, 5.74) is 5.38. The number of ether oxygens (including phenoxy) is 1. The molecule has 2 aliphatic rings. The predicted octanol–water partition coefficient (Wildman–Crippen LogP) is 0.751. The van der Waals surface area contributed by atoms with Crippen LogP contribution in [0.25, 0.3) is 0 Å². The van der Waals surface area contributed by atoms with Gasteiger partial charge in [0.05, 0.1) is 6.61 Å². The van der Waals surface area contributed by atoms with Gasteiger partial charge in [-0.2, -0.15) is 0 Å². The Morgan fingerprint density at radius 1 is 1.56 bits per heavy atom. The van der Waals surface area contributed by atoms with Crippen molar-refractivity contribution in [2.45, 2.75) is 44.7 Å². The third-order valence-electron chi connectivity index (χ3n) is 3.81. The van der Waals surface area contributed by atoms with E-state index in [1.54, 1.807) is 0 Å². The van der Waals surface area contributed by atoms with Crippen molar-refractivity contribution in [2.75, 3.05) is 19.8 Å². The maximum absolute atomic E-state index is 12.4. The molecule has 0 bridgehead atoms. The van der Waals surface area contributed by atoms with E-state index in [4.69, 9.17) is 10.5 Å². The third-order valence-corrected chi connectivity index (χ3v) is 3.81. The molecule has 16 heavy (non-hydrogen) atoms. The Morgan fingerprint density at radius 3 is 2.88 bits per heavy atom. The van der Waals surface area contributed by atoms with Crippen LogP contribution in [0, 0.1) is 5.92 Å². The molecule has 4 nitrogen and oxygen atoms in total. The topological polar surface area (TPSA) is 55.6 Å². The number of likely N-dealkylation sites (tertiary alicyclic amines) is 1. The van der Waals surface area contributed by atoms with Crippen molar-refractivity contribution in [1.29, 1.82) is 0 Å². The molecule has 2 heterocycles. The summed E-state index contributed by atoms with van der Waals surface area (Å²) in [6.45, 7) is 6.20. The van der Waals surface area contributed by atoms with Crippen molar-refractivity contribution in [3.05, 3.63) is 0 Å². The van der Waals surface area contributed by atoms with Gasteiger partial charge in [-0.05, 0) is 25.2 Å². The van der Waals surface area contributed by atoms with Crippen LogP contribution in [0.5, 0.6) is 0 Å². The number of amides is 1. The van der Waals surface area contributed by atoms with Crippen LogP contribution in [0.4, 0.5) is 0 Å². The van der Waals surface area contributed by atoms with Gasteiger partial charge in [0.1, 0.15) is 5.54 Å². The Labute approximate surface area is 97.1 Å². The summed E-state index contributed by atoms with van der Waals surface area (Å²) in [5, 5.41) is 0. The van der Waals surface area contributed by atoms with E-state index in [0.29, 0.717) is 31.6 Å². The van der Waals surface area contributed by atoms with E-state index >= 15 is 0 Å². The van der Waals surface area contributed by atoms with Gasteiger partial charge in [0, 0.05) is 19.2 Å². The van der Waals surface area contributed by atoms with Crippen molar-refractivity contribution in [1.82, 2.24) is 4.90 Å². The highest BCUT2D eigenvalue weighted by Gasteiger charge is 2.44. The van der Waals surface area contributed by atoms with E-state index in [0.717, 1.165) is 19.4 Å². The summed E-state index contributed by atoms with van der Waals surface area (Å²) in [4.78, 5) is 14.4. The van der Waals surface area contributed by atoms with Crippen LogP contribution in [0.15, 0.2) is 0 Å². The average molecular weight is 226 g/mol. The highest BCUT2D eigenvalue weighted by Crippen LogP contribution is 2.28. The quantitative estimate of drug-likeness (QED) is 0.756. The molecule has 0 aliphatic carbocycles. The number of hydrogen-bond acceptors (Lipinski definition) is 3. The van der Waals surface area contributed by atoms with Gasteiger partial charge in [-0.1, -0.05) is 13.8 Å². The fourth-order valence-corrected chi connectivity index (χ4v) is 2.77. The number of hydrogen-bond donors (Lipinski definition) is 1. The summed E-state index contributed by atoms with van der Waals surface area (Å²) in [6, 6.07) is 0.369. The van der Waals surface area contributed by atoms with Crippen molar-refractivity contribution < 1.29 is 9.53 Å². The highest BCUT2D eigenvalue weighted by molar-refractivity contribution is 5.87. The van der Waals surface area contributed by atoms with E-state index < -0.39 is 5.54 Å². The number of rotatable bonds is 2. The Hall–Kier alpha value is -0.610. The van der Waals surface area contributed by atoms with Crippen molar-refractivity contribution in [2.24, 2.45) is 11.7 Å². The van der Waals surface area contributed by atoms with Gasteiger partial charge in [-0.25, -0.2) is 0 Å². The van der Waals surface area contributed by atoms with Crippen LogP contribution < -0.4 is 5.73 Å². The molecule has 0 radical (unpaired) electrons. The first kappa shape index (κ1) is 11.9. The molecule has 0 aromatic carbocycles. The summed E-state index contributed by atoms with van der Waals surface area (Å²) >= 11 is 0. The standard InChI is InChI=1S/C12H22N2O2/c1-9(2)10-4-3-6-14(10)11(15)12(13)5-7-16-8-12/h9-10H,3-8,13H2,1-2H3. The number of nitrogens with two attached hydrogens (primary N) is 1. The van der Waals surface area contributed by atoms with Crippen molar-refractivity contribution in [3.8, 4) is 0 Å². The summed E-state index contributed by atoms with van der Waals surface area (Å²) in [5.74, 6) is 0.610. The summed E-state index contributed by atoms with van der Waals surface area (Å²) in [7, 11) is 0. The first-order chi connectivity index (χ1) is 7.54. The van der Waals surface area contributed by atoms with Crippen LogP contribution >= 0.6 is 0 Å². The van der Waals surface area contributed by atoms with Crippen LogP contribution in [0.1, 0.15) is 33.1 Å². The second kappa shape index (κ2) is 4.34. The molecule has 0 aromatic heterocycles. The van der Waals surface area contributed by atoms with E-state index in [-0.39, 0.29) is 5.91 Å². The van der Waals surface area contributed by atoms with Gasteiger partial charge < -0.3 is 15.4 Å². The smallest absolute Gasteiger partial charge is 0.245 e. The van der Waals surface area contributed by atoms with E-state index in [1.165, 1.54) is 0 Å². The Bertz CT molecular complexity index is 272. The van der Waals surface area contributed by atoms with Crippen molar-refractivity contribution in [3.63, 3.8) is 0 Å². The minimum absolute atomic E-state index is 0.0983. The monoisotopic (exact) mass is 226 g/mol. The normalized spacial score (nSPS) is 35.0. The van der Waals surface area contributed by atoms with Crippen LogP contribution in [-0.2, 0) is 9.53 Å². The fraction of sp³-hybridized carbons (Fsp3) is 0.917. The van der Waals surface area contributed by atoms with Gasteiger partial charge in [-0.3, -0.25) is 4.79 Å². The first-order valence-corrected chi connectivity index (χ1v) is 6.22. The molecule has 2 aliphatic heterocycles. The van der Waals surface area contributed by atoms with Gasteiger partial charge in [0.15, 0.2) is 0 Å². The molecule has 2 fully saturated rings. The SMILES string of the molecule is CC(C)C1CCCN1C(=O)C1(N)CCOC1. The fourth-order valence-electron chi connectivity index (χ4n) is 2.77. The molecule has 2 N–H and O–H groups in total. The van der Waals surface area contributed by atoms with E-state index in [1.807, 2.05) is 4.90 Å². The number of carbonyl (C=O) groups is 1. The van der Waals surface area contributed by atoms with E-state index in [9.17, 15) is 4.79 Å². The summed E-state index contributed by atoms with van der Waals surface area (Å²) < 4.78 is 5.26. The van der Waals surface area contributed by atoms with Crippen molar-refractivity contribution >= 4 is 5.91 Å². The molecule has 2 atom stereocenters. The molecule has 92 valence electrons. The lowest BCUT2D eigenvalue weighted by Crippen LogP contribution is -2.57. The Morgan fingerprint density at radius 2 is 2.31 bits per heavy atom. The predicted molar refractivity (Wildman–Crippen MR) is 61.9 cm³/mol. The Kier molecular flexibility index (Phi) is 3.22. The average Bonchev–Trinajstić information content (AvgIpc) is 2.85. The maximum atomic E-state index is 12.4. The lowest BCUT2D eigenvalue weighted by Gasteiger charge is -2.33. The second-order valence-corrected chi connectivity index (χ2v) is 5.41. The van der Waals surface area contributed by atoms with Gasteiger partial charge in [0.2, 0.25) is 5.91 Å². The third kappa shape index (κ3) is 1.96. The number of nitrogens with zero attached hydrogens (tertiary/aromatic N) is 1. The molecule has 2 saturated heterocycles. The van der Waals surface area contributed by atoms with E-state index in [2.05, 4.69) is 13.8 Å². The minimum Gasteiger partial charge on any atom is -0.379 e. The second-order valence-electron chi connectivity index (χ2n) is 5.41. The first-order valence-electron chi connectivity index (χ1n) is 6.22. The zero-order valence-corrected chi connectivity index (χ0v) is 10.2. The van der Waals surface area contributed by atoms with Gasteiger partial charge >= 0.3 is 0 Å². The van der Waals surface area contributed by atoms with Crippen LogP contribution in [0.3, 0.4) is 0 Å². The van der Waals surface area contributed by atoms with Crippen LogP contribution in [0.2, 0.25) is 0 Å². The summed E-state index contributed by atoms with van der Waals surface area (Å²) in [6.07, 6.45) is 2.87. The molecule has 4 heteroatoms. The lowest BCUT2D eigenvalue weighted by molar-refractivity contribution is -0.138. The lowest BCUT2D eigenvalue weighted by atomic mass is 9.95. The maximum Gasteiger partial charge on any atom is 0.245 e. The zero-order valence-electron chi connectivity index (χ0n) is 10.2. The largest absolute Gasteiger partial charge is 0.379 e. The Balaban J connectivity index is 2.09. The van der Waals surface area contributed by atoms with Crippen LogP contribution in [-0.4, -0.2) is 42.1 Å². The van der Waals surface area contributed by atoms with Gasteiger partial charge in [-0.15, -0.1) is 0 Å². The van der Waals surface area contributed by atoms with Gasteiger partial charge in [0.25, 0.3) is 0 Å². The highest BCUT2D eigenvalue weighted by atomic mass is 16.5. The molecule has 0 aromatic rings. The number of carbonyl (C=O) groups excluding carboxylic acids is 1. The molecule has 2 rings (SSSR count). The minimum atomic E-state index is -0.752. The molecular formula is C12H22N2O2. The molecular weight excluding hydrogens is 204 g/mol. The zero-order chi connectivity index (χ0) is 11.8. The molecule has 0 saturated carbocycles. The molecule has 1 amide bonds. The molecule has 2 unspecified atom stereocenters.